The first-order valence-corrected chi connectivity index (χ1v) is 7.58. The molecule has 0 saturated carbocycles. The zero-order chi connectivity index (χ0) is 14.2. The van der Waals surface area contributed by atoms with Crippen molar-refractivity contribution in [3.63, 3.8) is 0 Å². The van der Waals surface area contributed by atoms with Crippen LogP contribution >= 0.6 is 0 Å². The molecule has 4 atom stereocenters. The molecule has 4 unspecified atom stereocenters. The van der Waals surface area contributed by atoms with Gasteiger partial charge in [-0.2, -0.15) is 4.98 Å². The van der Waals surface area contributed by atoms with E-state index in [4.69, 9.17) is 15.0 Å². The zero-order valence-electron chi connectivity index (χ0n) is 11.8. The highest BCUT2D eigenvalue weighted by molar-refractivity contribution is 5.19. The number of hydrogen-bond donors (Lipinski definition) is 1. The molecule has 0 amide bonds. The summed E-state index contributed by atoms with van der Waals surface area (Å²) in [5, 5.41) is 4.14. The monoisotopic (exact) mass is 285 g/mol. The first-order chi connectivity index (χ1) is 10.3. The van der Waals surface area contributed by atoms with E-state index in [0.29, 0.717) is 24.3 Å². The number of benzene rings is 1. The molecular formula is C16H19N3O2. The van der Waals surface area contributed by atoms with Gasteiger partial charge in [-0.3, -0.25) is 0 Å². The van der Waals surface area contributed by atoms with Gasteiger partial charge in [0.25, 0.3) is 0 Å². The Hall–Kier alpha value is -1.72. The van der Waals surface area contributed by atoms with Gasteiger partial charge in [0.15, 0.2) is 5.82 Å². The largest absolute Gasteiger partial charge is 0.374 e. The lowest BCUT2D eigenvalue weighted by Crippen LogP contribution is -2.16. The standard InChI is InChI=1S/C16H19N3O2/c17-13(10-4-2-1-3-5-10)9-15-18-16(19-21-15)12-8-11-6-7-14(12)20-11/h1-5,11-14H,6-9,17H2. The van der Waals surface area contributed by atoms with Crippen molar-refractivity contribution in [2.45, 2.75) is 49.9 Å². The summed E-state index contributed by atoms with van der Waals surface area (Å²) in [6, 6.07) is 9.88. The van der Waals surface area contributed by atoms with Crippen LogP contribution in [-0.4, -0.2) is 22.3 Å². The average molecular weight is 285 g/mol. The second kappa shape index (κ2) is 5.24. The highest BCUT2D eigenvalue weighted by Crippen LogP contribution is 2.43. The Morgan fingerprint density at radius 1 is 1.24 bits per heavy atom. The van der Waals surface area contributed by atoms with Crippen LogP contribution in [0.1, 0.15) is 48.5 Å². The van der Waals surface area contributed by atoms with Crippen molar-refractivity contribution in [3.05, 3.63) is 47.6 Å². The quantitative estimate of drug-likeness (QED) is 0.933. The van der Waals surface area contributed by atoms with E-state index in [1.165, 1.54) is 6.42 Å². The maximum Gasteiger partial charge on any atom is 0.228 e. The summed E-state index contributed by atoms with van der Waals surface area (Å²) in [6.45, 7) is 0. The number of aromatic nitrogens is 2. The van der Waals surface area contributed by atoms with Crippen LogP contribution in [0.15, 0.2) is 34.9 Å². The third-order valence-corrected chi connectivity index (χ3v) is 4.54. The molecule has 2 bridgehead atoms. The zero-order valence-corrected chi connectivity index (χ0v) is 11.8. The van der Waals surface area contributed by atoms with Gasteiger partial charge in [-0.25, -0.2) is 0 Å². The third kappa shape index (κ3) is 2.47. The van der Waals surface area contributed by atoms with Gasteiger partial charge in [-0.15, -0.1) is 0 Å². The molecule has 4 rings (SSSR count). The molecule has 2 aliphatic rings. The summed E-state index contributed by atoms with van der Waals surface area (Å²) in [6.07, 6.45) is 4.55. The molecule has 2 aromatic rings. The smallest absolute Gasteiger partial charge is 0.228 e. The predicted molar refractivity (Wildman–Crippen MR) is 76.6 cm³/mol. The SMILES string of the molecule is NC(Cc1nc(C2CC3CCC2O3)no1)c1ccccc1. The van der Waals surface area contributed by atoms with Crippen molar-refractivity contribution in [3.8, 4) is 0 Å². The van der Waals surface area contributed by atoms with E-state index >= 15 is 0 Å². The fourth-order valence-electron chi connectivity index (χ4n) is 3.42. The number of rotatable bonds is 4. The van der Waals surface area contributed by atoms with Crippen molar-refractivity contribution in [2.24, 2.45) is 5.73 Å². The second-order valence-corrected chi connectivity index (χ2v) is 5.98. The van der Waals surface area contributed by atoms with Gasteiger partial charge in [-0.1, -0.05) is 35.5 Å². The lowest BCUT2D eigenvalue weighted by molar-refractivity contribution is 0.0996. The van der Waals surface area contributed by atoms with Crippen LogP contribution in [-0.2, 0) is 11.2 Å². The minimum atomic E-state index is -0.115. The lowest BCUT2D eigenvalue weighted by Gasteiger charge is -2.13. The van der Waals surface area contributed by atoms with Gasteiger partial charge >= 0.3 is 0 Å². The summed E-state index contributed by atoms with van der Waals surface area (Å²) in [4.78, 5) is 4.54. The van der Waals surface area contributed by atoms with Crippen LogP contribution in [0.2, 0.25) is 0 Å². The molecule has 3 heterocycles. The normalized spacial score (nSPS) is 28.9. The molecular weight excluding hydrogens is 266 g/mol. The molecule has 2 aliphatic heterocycles. The molecule has 21 heavy (non-hydrogen) atoms. The van der Waals surface area contributed by atoms with E-state index in [1.54, 1.807) is 0 Å². The predicted octanol–water partition coefficient (Wildman–Crippen LogP) is 2.35. The molecule has 0 radical (unpaired) electrons. The number of ether oxygens (including phenoxy) is 1. The molecule has 1 aromatic heterocycles. The van der Waals surface area contributed by atoms with Crippen LogP contribution < -0.4 is 5.73 Å². The van der Waals surface area contributed by atoms with Crippen molar-refractivity contribution in [1.82, 2.24) is 10.1 Å². The number of hydrogen-bond acceptors (Lipinski definition) is 5. The van der Waals surface area contributed by atoms with E-state index in [-0.39, 0.29) is 12.1 Å². The van der Waals surface area contributed by atoms with Crippen LogP contribution in [0.4, 0.5) is 0 Å². The molecule has 1 aromatic carbocycles. The summed E-state index contributed by atoms with van der Waals surface area (Å²) in [5.74, 6) is 1.70. The molecule has 0 spiro atoms. The Labute approximate surface area is 123 Å². The molecule has 110 valence electrons. The van der Waals surface area contributed by atoms with Crippen molar-refractivity contribution in [2.75, 3.05) is 0 Å². The fourth-order valence-corrected chi connectivity index (χ4v) is 3.42. The van der Waals surface area contributed by atoms with Crippen molar-refractivity contribution < 1.29 is 9.26 Å². The summed E-state index contributed by atoms with van der Waals surface area (Å²) < 4.78 is 11.2. The summed E-state index contributed by atoms with van der Waals surface area (Å²) in [7, 11) is 0. The van der Waals surface area contributed by atoms with Gasteiger partial charge in [0.2, 0.25) is 5.89 Å². The van der Waals surface area contributed by atoms with Crippen LogP contribution in [0, 0.1) is 0 Å². The van der Waals surface area contributed by atoms with Gasteiger partial charge in [0.05, 0.1) is 18.1 Å². The number of fused-ring (bicyclic) bond motifs is 2. The Bertz CT molecular complexity index is 613. The van der Waals surface area contributed by atoms with E-state index in [9.17, 15) is 0 Å². The van der Waals surface area contributed by atoms with Gasteiger partial charge in [0.1, 0.15) is 0 Å². The second-order valence-electron chi connectivity index (χ2n) is 5.98. The minimum Gasteiger partial charge on any atom is -0.374 e. The van der Waals surface area contributed by atoms with E-state index in [1.807, 2.05) is 30.3 Å². The first kappa shape index (κ1) is 13.0. The molecule has 2 saturated heterocycles. The Balaban J connectivity index is 1.45. The summed E-state index contributed by atoms with van der Waals surface area (Å²) in [5.41, 5.74) is 7.28. The fraction of sp³-hybridized carbons (Fsp3) is 0.500. The Morgan fingerprint density at radius 3 is 2.81 bits per heavy atom. The van der Waals surface area contributed by atoms with Gasteiger partial charge < -0.3 is 15.0 Å². The molecule has 2 N–H and O–H groups in total. The minimum absolute atomic E-state index is 0.115. The topological polar surface area (TPSA) is 74.2 Å². The number of nitrogens with two attached hydrogens (primary N) is 1. The average Bonchev–Trinajstić information content (AvgIpc) is 3.24. The Morgan fingerprint density at radius 2 is 2.10 bits per heavy atom. The van der Waals surface area contributed by atoms with Gasteiger partial charge in [-0.05, 0) is 24.8 Å². The van der Waals surface area contributed by atoms with E-state index in [2.05, 4.69) is 10.1 Å². The van der Waals surface area contributed by atoms with Crippen molar-refractivity contribution >= 4 is 0 Å². The third-order valence-electron chi connectivity index (χ3n) is 4.54. The van der Waals surface area contributed by atoms with Crippen LogP contribution in [0.25, 0.3) is 0 Å². The van der Waals surface area contributed by atoms with Crippen molar-refractivity contribution in [1.29, 1.82) is 0 Å². The highest BCUT2D eigenvalue weighted by Gasteiger charge is 2.43. The van der Waals surface area contributed by atoms with Gasteiger partial charge in [0, 0.05) is 12.5 Å². The summed E-state index contributed by atoms with van der Waals surface area (Å²) >= 11 is 0. The highest BCUT2D eigenvalue weighted by atomic mass is 16.5. The lowest BCUT2D eigenvalue weighted by atomic mass is 9.89. The maximum atomic E-state index is 6.20. The maximum absolute atomic E-state index is 6.20. The van der Waals surface area contributed by atoms with Crippen LogP contribution in [0.3, 0.4) is 0 Å². The molecule has 0 aliphatic carbocycles. The molecule has 5 nitrogen and oxygen atoms in total. The van der Waals surface area contributed by atoms with Crippen LogP contribution in [0.5, 0.6) is 0 Å². The number of nitrogens with zero attached hydrogens (tertiary/aromatic N) is 2. The van der Waals surface area contributed by atoms with E-state index in [0.717, 1.165) is 24.2 Å². The molecule has 5 heteroatoms. The Kier molecular flexibility index (Phi) is 3.24. The van der Waals surface area contributed by atoms with E-state index < -0.39 is 0 Å². The molecule has 2 fully saturated rings. The first-order valence-electron chi connectivity index (χ1n) is 7.58.